The molecule has 0 unspecified atom stereocenters. The molecule has 0 amide bonds. The minimum atomic E-state index is -3.73. The Morgan fingerprint density at radius 3 is 2.24 bits per heavy atom. The molecule has 0 aliphatic carbocycles. The van der Waals surface area contributed by atoms with Crippen molar-refractivity contribution in [2.45, 2.75) is 38.5 Å². The number of nitrogens with zero attached hydrogens (tertiary/aromatic N) is 1. The second-order valence-corrected chi connectivity index (χ2v) is 9.72. The van der Waals surface area contributed by atoms with Gasteiger partial charge in [-0.2, -0.15) is 0 Å². The Labute approximate surface area is 151 Å². The fourth-order valence-electron chi connectivity index (χ4n) is 2.43. The molecule has 0 saturated heterocycles. The van der Waals surface area contributed by atoms with E-state index in [1.54, 1.807) is 26.0 Å². The lowest BCUT2D eigenvalue weighted by Gasteiger charge is -2.20. The Hall–Kier alpha value is -1.16. The number of aryl methyl sites for hydroxylation is 2. The van der Waals surface area contributed by atoms with Crippen LogP contribution in [-0.4, -0.2) is 54.1 Å². The number of hydrogen-bond donors (Lipinski definition) is 1. The lowest BCUT2D eigenvalue weighted by atomic mass is 10.1. The Bertz CT molecular complexity index is 789. The van der Waals surface area contributed by atoms with Crippen LogP contribution in [0.1, 0.15) is 30.9 Å². The molecule has 1 aromatic carbocycles. The van der Waals surface area contributed by atoms with Gasteiger partial charge in [0.1, 0.15) is 5.75 Å². The summed E-state index contributed by atoms with van der Waals surface area (Å²) >= 11 is 0. The predicted molar refractivity (Wildman–Crippen MR) is 99.0 cm³/mol. The van der Waals surface area contributed by atoms with Gasteiger partial charge >= 0.3 is 0 Å². The molecule has 25 heavy (non-hydrogen) atoms. The first kappa shape index (κ1) is 21.9. The molecule has 0 spiro atoms. The maximum atomic E-state index is 12.5. The number of methoxy groups -OCH3 is 1. The molecule has 0 aromatic heterocycles. The molecule has 0 fully saturated rings. The summed E-state index contributed by atoms with van der Waals surface area (Å²) < 4.78 is 57.6. The molecule has 0 heterocycles. The molecule has 144 valence electrons. The highest BCUT2D eigenvalue weighted by molar-refractivity contribution is 7.89. The molecule has 9 heteroatoms. The summed E-state index contributed by atoms with van der Waals surface area (Å²) in [6.07, 6.45) is 2.73. The van der Waals surface area contributed by atoms with Gasteiger partial charge in [0.15, 0.2) is 0 Å². The van der Waals surface area contributed by atoms with Gasteiger partial charge in [0.05, 0.1) is 18.3 Å². The molecule has 7 nitrogen and oxygen atoms in total. The molecular weight excluding hydrogens is 364 g/mol. The van der Waals surface area contributed by atoms with Crippen LogP contribution in [0, 0.1) is 13.8 Å². The summed E-state index contributed by atoms with van der Waals surface area (Å²) in [5.74, 6) is 0.624. The van der Waals surface area contributed by atoms with Crippen LogP contribution >= 0.6 is 0 Å². The van der Waals surface area contributed by atoms with Gasteiger partial charge in [0.25, 0.3) is 0 Å². The van der Waals surface area contributed by atoms with Gasteiger partial charge in [-0.1, -0.05) is 13.3 Å². The van der Waals surface area contributed by atoms with Crippen LogP contribution in [0.15, 0.2) is 17.0 Å². The summed E-state index contributed by atoms with van der Waals surface area (Å²) in [7, 11) is -5.56. The lowest BCUT2D eigenvalue weighted by molar-refractivity contribution is 0.408. The number of nitrogens with one attached hydrogen (secondary N) is 1. The number of ether oxygens (including phenoxy) is 1. The summed E-state index contributed by atoms with van der Waals surface area (Å²) in [5, 5.41) is 0. The third-order valence-electron chi connectivity index (χ3n) is 3.87. The molecule has 0 aliphatic heterocycles. The summed E-state index contributed by atoms with van der Waals surface area (Å²) in [6, 6.07) is 3.23. The van der Waals surface area contributed by atoms with Crippen molar-refractivity contribution in [2.75, 3.05) is 33.0 Å². The van der Waals surface area contributed by atoms with Crippen molar-refractivity contribution < 1.29 is 21.6 Å². The Morgan fingerprint density at radius 2 is 1.72 bits per heavy atom. The van der Waals surface area contributed by atoms with Gasteiger partial charge in [0.2, 0.25) is 20.0 Å². The molecule has 0 atom stereocenters. The van der Waals surface area contributed by atoms with E-state index in [4.69, 9.17) is 4.74 Å². The maximum Gasteiger partial charge on any atom is 0.240 e. The average Bonchev–Trinajstić information content (AvgIpc) is 2.51. The molecule has 0 aliphatic rings. The molecule has 0 radical (unpaired) electrons. The average molecular weight is 393 g/mol. The summed E-state index contributed by atoms with van der Waals surface area (Å²) in [4.78, 5) is 0.172. The SMILES string of the molecule is CCCCN(CCNS(=O)(=O)c1cc(C)c(OC)cc1C)S(C)(=O)=O. The number of sulfonamides is 2. The van der Waals surface area contributed by atoms with Crippen LogP contribution in [0.3, 0.4) is 0 Å². The standard InChI is InChI=1S/C16H28N2O5S2/c1-6-7-9-18(24(5,19)20)10-8-17-25(21,22)16-12-13(2)15(23-4)11-14(16)3/h11-12,17H,6-10H2,1-5H3. The first-order valence-corrected chi connectivity index (χ1v) is 11.5. The van der Waals surface area contributed by atoms with Crippen LogP contribution in [0.5, 0.6) is 5.75 Å². The second kappa shape index (κ2) is 8.98. The monoisotopic (exact) mass is 392 g/mol. The van der Waals surface area contributed by atoms with Gasteiger partial charge in [0, 0.05) is 19.6 Å². The van der Waals surface area contributed by atoms with Crippen molar-refractivity contribution in [1.29, 1.82) is 0 Å². The van der Waals surface area contributed by atoms with Crippen molar-refractivity contribution in [1.82, 2.24) is 9.03 Å². The highest BCUT2D eigenvalue weighted by Gasteiger charge is 2.20. The number of rotatable bonds is 10. The number of hydrogen-bond acceptors (Lipinski definition) is 5. The zero-order chi connectivity index (χ0) is 19.3. The smallest absolute Gasteiger partial charge is 0.240 e. The first-order chi connectivity index (χ1) is 11.5. The quantitative estimate of drug-likeness (QED) is 0.654. The van der Waals surface area contributed by atoms with Crippen molar-refractivity contribution >= 4 is 20.0 Å². The van der Waals surface area contributed by atoms with E-state index >= 15 is 0 Å². The molecular formula is C16H28N2O5S2. The van der Waals surface area contributed by atoms with Crippen molar-refractivity contribution in [3.05, 3.63) is 23.3 Å². The Morgan fingerprint density at radius 1 is 1.08 bits per heavy atom. The van der Waals surface area contributed by atoms with Crippen molar-refractivity contribution in [3.8, 4) is 5.75 Å². The van der Waals surface area contributed by atoms with Gasteiger partial charge in [-0.3, -0.25) is 0 Å². The molecule has 1 rings (SSSR count). The minimum Gasteiger partial charge on any atom is -0.496 e. The van der Waals surface area contributed by atoms with E-state index in [1.807, 2.05) is 6.92 Å². The topological polar surface area (TPSA) is 92.8 Å². The molecule has 1 aromatic rings. The van der Waals surface area contributed by atoms with E-state index < -0.39 is 20.0 Å². The minimum absolute atomic E-state index is 0.0175. The van der Waals surface area contributed by atoms with Gasteiger partial charge in [-0.25, -0.2) is 25.9 Å². The van der Waals surface area contributed by atoms with E-state index in [2.05, 4.69) is 4.72 Å². The summed E-state index contributed by atoms with van der Waals surface area (Å²) in [6.45, 7) is 5.94. The first-order valence-electron chi connectivity index (χ1n) is 8.13. The molecule has 0 bridgehead atoms. The summed E-state index contributed by atoms with van der Waals surface area (Å²) in [5.41, 5.74) is 1.29. The number of benzene rings is 1. The fourth-order valence-corrected chi connectivity index (χ4v) is 4.65. The normalized spacial score (nSPS) is 12.6. The highest BCUT2D eigenvalue weighted by Crippen LogP contribution is 2.25. The van der Waals surface area contributed by atoms with Crippen LogP contribution in [-0.2, 0) is 20.0 Å². The van der Waals surface area contributed by atoms with Crippen LogP contribution < -0.4 is 9.46 Å². The Balaban J connectivity index is 2.87. The zero-order valence-electron chi connectivity index (χ0n) is 15.5. The van der Waals surface area contributed by atoms with Crippen molar-refractivity contribution in [2.24, 2.45) is 0 Å². The third kappa shape index (κ3) is 6.25. The van der Waals surface area contributed by atoms with Gasteiger partial charge in [-0.15, -0.1) is 0 Å². The Kier molecular flexibility index (Phi) is 7.86. The van der Waals surface area contributed by atoms with E-state index in [1.165, 1.54) is 11.4 Å². The van der Waals surface area contributed by atoms with Gasteiger partial charge < -0.3 is 4.74 Å². The largest absolute Gasteiger partial charge is 0.496 e. The zero-order valence-corrected chi connectivity index (χ0v) is 17.1. The van der Waals surface area contributed by atoms with Crippen LogP contribution in [0.25, 0.3) is 0 Å². The lowest BCUT2D eigenvalue weighted by Crippen LogP contribution is -2.38. The van der Waals surface area contributed by atoms with E-state index in [-0.39, 0.29) is 18.0 Å². The molecule has 0 saturated carbocycles. The van der Waals surface area contributed by atoms with Crippen LogP contribution in [0.2, 0.25) is 0 Å². The highest BCUT2D eigenvalue weighted by atomic mass is 32.2. The third-order valence-corrected chi connectivity index (χ3v) is 6.77. The van der Waals surface area contributed by atoms with E-state index in [0.717, 1.165) is 19.1 Å². The van der Waals surface area contributed by atoms with Crippen molar-refractivity contribution in [3.63, 3.8) is 0 Å². The maximum absolute atomic E-state index is 12.5. The second-order valence-electron chi connectivity index (χ2n) is 6.00. The van der Waals surface area contributed by atoms with E-state index in [9.17, 15) is 16.8 Å². The van der Waals surface area contributed by atoms with Crippen LogP contribution in [0.4, 0.5) is 0 Å². The molecule has 1 N–H and O–H groups in total. The number of unbranched alkanes of at least 4 members (excludes halogenated alkanes) is 1. The van der Waals surface area contributed by atoms with E-state index in [0.29, 0.717) is 23.4 Å². The van der Waals surface area contributed by atoms with Gasteiger partial charge in [-0.05, 0) is 43.5 Å². The fraction of sp³-hybridized carbons (Fsp3) is 0.625. The predicted octanol–water partition coefficient (Wildman–Crippen LogP) is 1.65.